The van der Waals surface area contributed by atoms with E-state index >= 15 is 0 Å². The van der Waals surface area contributed by atoms with Crippen molar-refractivity contribution in [1.29, 1.82) is 0 Å². The van der Waals surface area contributed by atoms with E-state index < -0.39 is 0 Å². The molecule has 0 aromatic rings. The van der Waals surface area contributed by atoms with E-state index in [-0.39, 0.29) is 17.9 Å². The Labute approximate surface area is 102 Å². The van der Waals surface area contributed by atoms with Gasteiger partial charge in [-0.15, -0.1) is 0 Å². The van der Waals surface area contributed by atoms with Crippen LogP contribution in [-0.2, 0) is 14.3 Å². The van der Waals surface area contributed by atoms with E-state index in [1.807, 2.05) is 4.90 Å². The second kappa shape index (κ2) is 4.94. The van der Waals surface area contributed by atoms with Crippen LogP contribution in [0, 0.1) is 11.8 Å². The molecule has 0 spiro atoms. The molecule has 0 N–H and O–H groups in total. The highest BCUT2D eigenvalue weighted by Crippen LogP contribution is 2.30. The van der Waals surface area contributed by atoms with Gasteiger partial charge in [0.05, 0.1) is 18.6 Å². The van der Waals surface area contributed by atoms with Gasteiger partial charge < -0.3 is 14.4 Å². The lowest BCUT2D eigenvalue weighted by molar-refractivity contribution is -0.134. The Bertz CT molecular complexity index is 284. The van der Waals surface area contributed by atoms with Crippen molar-refractivity contribution < 1.29 is 14.3 Å². The largest absolute Gasteiger partial charge is 0.381 e. The first kappa shape index (κ1) is 11.5. The highest BCUT2D eigenvalue weighted by Gasteiger charge is 2.33. The summed E-state index contributed by atoms with van der Waals surface area (Å²) < 4.78 is 11.1. The SMILES string of the molecule is O=C([C@@H]1CCOC1)N1CC[C@H](OCC2CC2)C1. The average molecular weight is 239 g/mol. The van der Waals surface area contributed by atoms with E-state index in [1.165, 1.54) is 12.8 Å². The molecule has 0 aromatic heterocycles. The molecule has 0 unspecified atom stereocenters. The van der Waals surface area contributed by atoms with Crippen LogP contribution in [0.1, 0.15) is 25.7 Å². The zero-order valence-electron chi connectivity index (χ0n) is 10.3. The van der Waals surface area contributed by atoms with Crippen molar-refractivity contribution in [2.45, 2.75) is 31.8 Å². The summed E-state index contributed by atoms with van der Waals surface area (Å²) in [7, 11) is 0. The summed E-state index contributed by atoms with van der Waals surface area (Å²) in [6.45, 7) is 3.92. The van der Waals surface area contributed by atoms with E-state index in [9.17, 15) is 4.79 Å². The van der Waals surface area contributed by atoms with Gasteiger partial charge in [0.25, 0.3) is 0 Å². The molecule has 2 heterocycles. The molecule has 0 aromatic carbocycles. The third-order valence-electron chi connectivity index (χ3n) is 4.00. The first-order chi connectivity index (χ1) is 8.33. The minimum atomic E-state index is 0.109. The van der Waals surface area contributed by atoms with Gasteiger partial charge in [-0.25, -0.2) is 0 Å². The molecule has 0 bridgehead atoms. The van der Waals surface area contributed by atoms with Crippen LogP contribution in [0.3, 0.4) is 0 Å². The third-order valence-corrected chi connectivity index (χ3v) is 4.00. The lowest BCUT2D eigenvalue weighted by Crippen LogP contribution is -2.35. The highest BCUT2D eigenvalue weighted by molar-refractivity contribution is 5.79. The van der Waals surface area contributed by atoms with Gasteiger partial charge in [0, 0.05) is 26.3 Å². The summed E-state index contributed by atoms with van der Waals surface area (Å²) in [6, 6.07) is 0. The van der Waals surface area contributed by atoms with Gasteiger partial charge in [0.1, 0.15) is 0 Å². The van der Waals surface area contributed by atoms with Crippen molar-refractivity contribution >= 4 is 5.91 Å². The third kappa shape index (κ3) is 2.80. The molecule has 17 heavy (non-hydrogen) atoms. The van der Waals surface area contributed by atoms with Crippen LogP contribution < -0.4 is 0 Å². The van der Waals surface area contributed by atoms with E-state index in [0.29, 0.717) is 6.61 Å². The molecule has 1 aliphatic carbocycles. The van der Waals surface area contributed by atoms with E-state index in [4.69, 9.17) is 9.47 Å². The van der Waals surface area contributed by atoms with Crippen LogP contribution in [0.4, 0.5) is 0 Å². The van der Waals surface area contributed by atoms with Crippen molar-refractivity contribution in [1.82, 2.24) is 4.90 Å². The Morgan fingerprint density at radius 3 is 2.88 bits per heavy atom. The lowest BCUT2D eigenvalue weighted by Gasteiger charge is -2.19. The number of likely N-dealkylation sites (tertiary alicyclic amines) is 1. The van der Waals surface area contributed by atoms with Crippen LogP contribution in [0.25, 0.3) is 0 Å². The number of nitrogens with zero attached hydrogens (tertiary/aromatic N) is 1. The van der Waals surface area contributed by atoms with Crippen molar-refractivity contribution in [3.8, 4) is 0 Å². The van der Waals surface area contributed by atoms with Crippen LogP contribution in [0.15, 0.2) is 0 Å². The maximum Gasteiger partial charge on any atom is 0.228 e. The highest BCUT2D eigenvalue weighted by atomic mass is 16.5. The quantitative estimate of drug-likeness (QED) is 0.736. The molecule has 2 aliphatic heterocycles. The molecule has 3 aliphatic rings. The number of rotatable bonds is 4. The van der Waals surface area contributed by atoms with Crippen LogP contribution >= 0.6 is 0 Å². The molecule has 1 amide bonds. The monoisotopic (exact) mass is 239 g/mol. The molecule has 3 fully saturated rings. The molecule has 96 valence electrons. The van der Waals surface area contributed by atoms with Gasteiger partial charge in [-0.1, -0.05) is 0 Å². The molecule has 3 rings (SSSR count). The molecule has 4 heteroatoms. The molecule has 0 radical (unpaired) electrons. The average Bonchev–Trinajstić information content (AvgIpc) is 2.86. The number of hydrogen-bond donors (Lipinski definition) is 0. The normalized spacial score (nSPS) is 33.3. The Morgan fingerprint density at radius 1 is 1.29 bits per heavy atom. The Morgan fingerprint density at radius 2 is 2.18 bits per heavy atom. The van der Waals surface area contributed by atoms with Gasteiger partial charge in [-0.05, 0) is 31.6 Å². The first-order valence-corrected chi connectivity index (χ1v) is 6.81. The summed E-state index contributed by atoms with van der Waals surface area (Å²) in [5, 5.41) is 0. The zero-order chi connectivity index (χ0) is 11.7. The van der Waals surface area contributed by atoms with Gasteiger partial charge in [0.15, 0.2) is 0 Å². The minimum Gasteiger partial charge on any atom is -0.381 e. The fourth-order valence-corrected chi connectivity index (χ4v) is 2.61. The topological polar surface area (TPSA) is 38.8 Å². The molecule has 2 saturated heterocycles. The molecular weight excluding hydrogens is 218 g/mol. The fraction of sp³-hybridized carbons (Fsp3) is 0.923. The molecule has 1 saturated carbocycles. The van der Waals surface area contributed by atoms with Gasteiger partial charge in [-0.2, -0.15) is 0 Å². The summed E-state index contributed by atoms with van der Waals surface area (Å²) in [5.74, 6) is 1.19. The van der Waals surface area contributed by atoms with Crippen LogP contribution in [0.2, 0.25) is 0 Å². The number of amides is 1. The Hall–Kier alpha value is -0.610. The van der Waals surface area contributed by atoms with E-state index in [1.54, 1.807) is 0 Å². The van der Waals surface area contributed by atoms with Crippen LogP contribution in [-0.4, -0.2) is 49.8 Å². The second-order valence-electron chi connectivity index (χ2n) is 5.53. The predicted molar refractivity (Wildman–Crippen MR) is 62.6 cm³/mol. The van der Waals surface area contributed by atoms with Crippen molar-refractivity contribution in [2.24, 2.45) is 11.8 Å². The Balaban J connectivity index is 1.43. The maximum atomic E-state index is 12.1. The molecule has 2 atom stereocenters. The number of ether oxygens (including phenoxy) is 2. The van der Waals surface area contributed by atoms with Gasteiger partial charge in [-0.3, -0.25) is 4.79 Å². The summed E-state index contributed by atoms with van der Waals surface area (Å²) >= 11 is 0. The Kier molecular flexibility index (Phi) is 3.34. The zero-order valence-corrected chi connectivity index (χ0v) is 10.3. The standard InChI is InChI=1S/C13H21NO3/c15-13(11-4-6-16-9-11)14-5-3-12(7-14)17-8-10-1-2-10/h10-12H,1-9H2/t11-,12+/m1/s1. The van der Waals surface area contributed by atoms with Crippen molar-refractivity contribution in [3.05, 3.63) is 0 Å². The van der Waals surface area contributed by atoms with Gasteiger partial charge in [0.2, 0.25) is 5.91 Å². The van der Waals surface area contributed by atoms with Crippen molar-refractivity contribution in [2.75, 3.05) is 32.9 Å². The summed E-state index contributed by atoms with van der Waals surface area (Å²) in [6.07, 6.45) is 4.83. The lowest BCUT2D eigenvalue weighted by atomic mass is 10.1. The van der Waals surface area contributed by atoms with E-state index in [0.717, 1.165) is 45.1 Å². The second-order valence-corrected chi connectivity index (χ2v) is 5.53. The maximum absolute atomic E-state index is 12.1. The summed E-state index contributed by atoms with van der Waals surface area (Å²) in [4.78, 5) is 14.1. The number of carbonyl (C=O) groups excluding carboxylic acids is 1. The molecular formula is C13H21NO3. The minimum absolute atomic E-state index is 0.109. The van der Waals surface area contributed by atoms with E-state index in [2.05, 4.69) is 0 Å². The number of carbonyl (C=O) groups is 1. The van der Waals surface area contributed by atoms with Crippen LogP contribution in [0.5, 0.6) is 0 Å². The summed E-state index contributed by atoms with van der Waals surface area (Å²) in [5.41, 5.74) is 0. The smallest absolute Gasteiger partial charge is 0.228 e. The first-order valence-electron chi connectivity index (χ1n) is 6.81. The predicted octanol–water partition coefficient (Wildman–Crippen LogP) is 1.05. The fourth-order valence-electron chi connectivity index (χ4n) is 2.61. The van der Waals surface area contributed by atoms with Gasteiger partial charge >= 0.3 is 0 Å². The molecule has 4 nitrogen and oxygen atoms in total. The van der Waals surface area contributed by atoms with Crippen molar-refractivity contribution in [3.63, 3.8) is 0 Å². The number of hydrogen-bond acceptors (Lipinski definition) is 3.